The minimum Gasteiger partial charge on any atom is -0.380 e. The Balaban J connectivity index is 2.00. The molecule has 1 aliphatic heterocycles. The van der Waals surface area contributed by atoms with E-state index in [2.05, 4.69) is 25.7 Å². The van der Waals surface area contributed by atoms with Crippen molar-refractivity contribution in [2.75, 3.05) is 20.2 Å². The molecular weight excluding hydrogens is 236 g/mol. The highest BCUT2D eigenvalue weighted by Gasteiger charge is 2.38. The Morgan fingerprint density at radius 2 is 1.89 bits per heavy atom. The van der Waals surface area contributed by atoms with Gasteiger partial charge in [0.05, 0.1) is 6.10 Å². The van der Waals surface area contributed by atoms with E-state index in [4.69, 9.17) is 10.5 Å². The third-order valence-corrected chi connectivity index (χ3v) is 5.31. The van der Waals surface area contributed by atoms with Gasteiger partial charge in [-0.3, -0.25) is 4.90 Å². The Morgan fingerprint density at radius 3 is 2.53 bits per heavy atom. The molecule has 112 valence electrons. The van der Waals surface area contributed by atoms with Crippen molar-refractivity contribution in [3.05, 3.63) is 0 Å². The van der Waals surface area contributed by atoms with E-state index >= 15 is 0 Å². The molecule has 2 fully saturated rings. The largest absolute Gasteiger partial charge is 0.380 e. The molecule has 1 saturated carbocycles. The minimum atomic E-state index is 0.356. The first-order valence-corrected chi connectivity index (χ1v) is 7.94. The van der Waals surface area contributed by atoms with E-state index in [0.717, 1.165) is 12.5 Å². The van der Waals surface area contributed by atoms with Gasteiger partial charge >= 0.3 is 0 Å². The van der Waals surface area contributed by atoms with E-state index in [1.807, 2.05) is 7.11 Å². The molecule has 0 aromatic rings. The smallest absolute Gasteiger partial charge is 0.0698 e. The van der Waals surface area contributed by atoms with Crippen LogP contribution in [0.1, 0.15) is 52.9 Å². The lowest BCUT2D eigenvalue weighted by atomic mass is 9.69. The summed E-state index contributed by atoms with van der Waals surface area (Å²) in [7, 11) is 1.84. The van der Waals surface area contributed by atoms with Crippen LogP contribution < -0.4 is 5.73 Å². The molecule has 4 atom stereocenters. The van der Waals surface area contributed by atoms with Crippen LogP contribution in [0.25, 0.3) is 0 Å². The van der Waals surface area contributed by atoms with Crippen LogP contribution in [0.3, 0.4) is 0 Å². The van der Waals surface area contributed by atoms with E-state index < -0.39 is 0 Å². The molecule has 1 saturated heterocycles. The van der Waals surface area contributed by atoms with E-state index in [1.165, 1.54) is 38.6 Å². The van der Waals surface area contributed by atoms with E-state index in [1.54, 1.807) is 0 Å². The first kappa shape index (κ1) is 15.3. The lowest BCUT2D eigenvalue weighted by Crippen LogP contribution is -2.56. The molecule has 3 nitrogen and oxygen atoms in total. The number of methoxy groups -OCH3 is 1. The van der Waals surface area contributed by atoms with Crippen molar-refractivity contribution in [1.82, 2.24) is 4.90 Å². The van der Waals surface area contributed by atoms with Gasteiger partial charge in [0.2, 0.25) is 0 Å². The maximum absolute atomic E-state index is 6.42. The SMILES string of the molecule is COC1CCCN(C2CC(C(C)(C)C)CCC2N)C1. The first-order valence-electron chi connectivity index (χ1n) is 7.94. The van der Waals surface area contributed by atoms with Gasteiger partial charge < -0.3 is 10.5 Å². The van der Waals surface area contributed by atoms with Crippen LogP contribution in [-0.4, -0.2) is 43.3 Å². The number of ether oxygens (including phenoxy) is 1. The Kier molecular flexibility index (Phi) is 4.91. The number of piperidine rings is 1. The Labute approximate surface area is 118 Å². The second-order valence-electron chi connectivity index (χ2n) is 7.60. The number of nitrogens with zero attached hydrogens (tertiary/aromatic N) is 1. The summed E-state index contributed by atoms with van der Waals surface area (Å²) in [6.07, 6.45) is 6.61. The standard InChI is InChI=1S/C16H32N2O/c1-16(2,3)12-7-8-14(17)15(10-12)18-9-5-6-13(11-18)19-4/h12-15H,5-11,17H2,1-4H3. The summed E-state index contributed by atoms with van der Waals surface area (Å²) in [5.41, 5.74) is 6.83. The zero-order valence-electron chi connectivity index (χ0n) is 13.2. The van der Waals surface area contributed by atoms with Gasteiger partial charge in [-0.2, -0.15) is 0 Å². The van der Waals surface area contributed by atoms with Crippen LogP contribution in [-0.2, 0) is 4.74 Å². The third-order valence-electron chi connectivity index (χ3n) is 5.31. The fourth-order valence-electron chi connectivity index (χ4n) is 3.84. The summed E-state index contributed by atoms with van der Waals surface area (Å²) in [4.78, 5) is 2.61. The summed E-state index contributed by atoms with van der Waals surface area (Å²) in [6, 6.07) is 0.921. The van der Waals surface area contributed by atoms with E-state index in [9.17, 15) is 0 Å². The zero-order chi connectivity index (χ0) is 14.0. The summed E-state index contributed by atoms with van der Waals surface area (Å²) >= 11 is 0. The van der Waals surface area contributed by atoms with Gasteiger partial charge in [0.15, 0.2) is 0 Å². The fraction of sp³-hybridized carbons (Fsp3) is 1.00. The van der Waals surface area contributed by atoms with Gasteiger partial charge in [0, 0.05) is 25.7 Å². The number of likely N-dealkylation sites (tertiary alicyclic amines) is 1. The summed E-state index contributed by atoms with van der Waals surface area (Å²) < 4.78 is 5.56. The van der Waals surface area contributed by atoms with Crippen molar-refractivity contribution in [1.29, 1.82) is 0 Å². The van der Waals surface area contributed by atoms with E-state index in [-0.39, 0.29) is 0 Å². The van der Waals surface area contributed by atoms with Crippen molar-refractivity contribution in [3.63, 3.8) is 0 Å². The number of hydrogen-bond acceptors (Lipinski definition) is 3. The molecule has 19 heavy (non-hydrogen) atoms. The predicted octanol–water partition coefficient (Wildman–Crippen LogP) is 2.64. The van der Waals surface area contributed by atoms with Crippen molar-refractivity contribution in [3.8, 4) is 0 Å². The lowest BCUT2D eigenvalue weighted by Gasteiger charge is -2.47. The highest BCUT2D eigenvalue weighted by molar-refractivity contribution is 4.94. The van der Waals surface area contributed by atoms with Gasteiger partial charge in [0.25, 0.3) is 0 Å². The van der Waals surface area contributed by atoms with Crippen LogP contribution in [0.5, 0.6) is 0 Å². The second-order valence-corrected chi connectivity index (χ2v) is 7.60. The molecule has 2 rings (SSSR count). The highest BCUT2D eigenvalue weighted by Crippen LogP contribution is 2.39. The number of rotatable bonds is 2. The van der Waals surface area contributed by atoms with Gasteiger partial charge in [-0.05, 0) is 50.0 Å². The molecule has 2 aliphatic rings. The number of hydrogen-bond donors (Lipinski definition) is 1. The summed E-state index contributed by atoms with van der Waals surface area (Å²) in [5, 5.41) is 0. The van der Waals surface area contributed by atoms with Crippen molar-refractivity contribution in [2.45, 2.75) is 71.1 Å². The van der Waals surface area contributed by atoms with Gasteiger partial charge in [-0.25, -0.2) is 0 Å². The number of nitrogens with two attached hydrogens (primary N) is 1. The Morgan fingerprint density at radius 1 is 1.16 bits per heavy atom. The van der Waals surface area contributed by atoms with Crippen LogP contribution in [0.4, 0.5) is 0 Å². The second kappa shape index (κ2) is 6.11. The molecular formula is C16H32N2O. The third kappa shape index (κ3) is 3.71. The molecule has 0 amide bonds. The van der Waals surface area contributed by atoms with Crippen molar-refractivity contribution < 1.29 is 4.74 Å². The molecule has 0 radical (unpaired) electrons. The predicted molar refractivity (Wildman–Crippen MR) is 80.2 cm³/mol. The quantitative estimate of drug-likeness (QED) is 0.837. The topological polar surface area (TPSA) is 38.5 Å². The Hall–Kier alpha value is -0.120. The summed E-state index contributed by atoms with van der Waals surface area (Å²) in [5.74, 6) is 0.806. The molecule has 2 N–H and O–H groups in total. The van der Waals surface area contributed by atoms with Crippen LogP contribution in [0.2, 0.25) is 0 Å². The molecule has 1 heterocycles. The molecule has 4 unspecified atom stereocenters. The maximum Gasteiger partial charge on any atom is 0.0698 e. The zero-order valence-corrected chi connectivity index (χ0v) is 13.2. The average molecular weight is 268 g/mol. The molecule has 0 aromatic carbocycles. The highest BCUT2D eigenvalue weighted by atomic mass is 16.5. The normalized spacial score (nSPS) is 38.4. The van der Waals surface area contributed by atoms with Gasteiger partial charge in [0.1, 0.15) is 0 Å². The summed E-state index contributed by atoms with van der Waals surface area (Å²) in [6.45, 7) is 9.40. The van der Waals surface area contributed by atoms with Crippen molar-refractivity contribution >= 4 is 0 Å². The molecule has 0 aromatic heterocycles. The molecule has 3 heteroatoms. The first-order chi connectivity index (χ1) is 8.91. The Bertz CT molecular complexity index is 287. The average Bonchev–Trinajstić information content (AvgIpc) is 2.38. The minimum absolute atomic E-state index is 0.356. The molecule has 1 aliphatic carbocycles. The lowest BCUT2D eigenvalue weighted by molar-refractivity contribution is -0.0101. The van der Waals surface area contributed by atoms with E-state index in [0.29, 0.717) is 23.6 Å². The van der Waals surface area contributed by atoms with Crippen LogP contribution >= 0.6 is 0 Å². The van der Waals surface area contributed by atoms with Crippen molar-refractivity contribution in [2.24, 2.45) is 17.1 Å². The maximum atomic E-state index is 6.42. The molecule has 0 bridgehead atoms. The van der Waals surface area contributed by atoms with Crippen LogP contribution in [0, 0.1) is 11.3 Å². The van der Waals surface area contributed by atoms with Crippen LogP contribution in [0.15, 0.2) is 0 Å². The molecule has 0 spiro atoms. The monoisotopic (exact) mass is 268 g/mol. The van der Waals surface area contributed by atoms with Gasteiger partial charge in [-0.1, -0.05) is 20.8 Å². The van der Waals surface area contributed by atoms with Gasteiger partial charge in [-0.15, -0.1) is 0 Å². The fourth-order valence-corrected chi connectivity index (χ4v) is 3.84.